The number of carbonyl (C=O) groups excluding carboxylic acids is 2. The second-order valence-electron chi connectivity index (χ2n) is 13.5. The number of ether oxygens (including phenoxy) is 4. The number of aryl methyl sites for hydroxylation is 1. The van der Waals surface area contributed by atoms with Gasteiger partial charge in [0, 0.05) is 23.5 Å². The molecule has 1 amide bonds. The van der Waals surface area contributed by atoms with Crippen molar-refractivity contribution in [2.24, 2.45) is 11.8 Å². The van der Waals surface area contributed by atoms with Crippen LogP contribution < -0.4 is 14.4 Å². The smallest absolute Gasteiger partial charge is 0.332 e. The summed E-state index contributed by atoms with van der Waals surface area (Å²) in [4.78, 5) is 27.7. The van der Waals surface area contributed by atoms with E-state index in [1.54, 1.807) is 25.1 Å². The van der Waals surface area contributed by atoms with Gasteiger partial charge < -0.3 is 23.8 Å². The molecule has 4 aliphatic rings. The normalized spacial score (nSPS) is 28.8. The fraction of sp³-hybridized carbons (Fsp3) is 0.543. The van der Waals surface area contributed by atoms with E-state index >= 15 is 0 Å². The number of benzene rings is 2. The highest BCUT2D eigenvalue weighted by Gasteiger charge is 2.45. The van der Waals surface area contributed by atoms with Crippen LogP contribution in [0.2, 0.25) is 5.02 Å². The topological polar surface area (TPSA) is 120 Å². The first-order valence-corrected chi connectivity index (χ1v) is 18.2. The Morgan fingerprint density at radius 2 is 2.00 bits per heavy atom. The third-order valence-corrected chi connectivity index (χ3v) is 11.6. The molecule has 2 aliphatic carbocycles. The van der Waals surface area contributed by atoms with Gasteiger partial charge >= 0.3 is 5.97 Å². The lowest BCUT2D eigenvalue weighted by molar-refractivity contribution is -0.151. The number of anilines is 1. The van der Waals surface area contributed by atoms with Crippen molar-refractivity contribution in [1.29, 1.82) is 0 Å². The average molecular weight is 687 g/mol. The van der Waals surface area contributed by atoms with Crippen LogP contribution in [0.4, 0.5) is 5.69 Å². The van der Waals surface area contributed by atoms with E-state index in [0.29, 0.717) is 36.2 Å². The van der Waals surface area contributed by atoms with Crippen molar-refractivity contribution in [2.45, 2.75) is 74.9 Å². The van der Waals surface area contributed by atoms with Gasteiger partial charge in [0.25, 0.3) is 15.9 Å². The zero-order chi connectivity index (χ0) is 33.4. The molecule has 1 saturated carbocycles. The van der Waals surface area contributed by atoms with Crippen LogP contribution in [0.3, 0.4) is 0 Å². The average Bonchev–Trinajstić information content (AvgIpc) is 3.16. The van der Waals surface area contributed by atoms with Gasteiger partial charge in [-0.1, -0.05) is 29.8 Å². The minimum absolute atomic E-state index is 0.0337. The van der Waals surface area contributed by atoms with Crippen LogP contribution in [-0.4, -0.2) is 71.5 Å². The molecule has 0 aromatic heterocycles. The Bertz CT molecular complexity index is 1660. The highest BCUT2D eigenvalue weighted by Crippen LogP contribution is 2.47. The Labute approximate surface area is 281 Å². The summed E-state index contributed by atoms with van der Waals surface area (Å²) in [7, 11) is -4.23. The van der Waals surface area contributed by atoms with Crippen molar-refractivity contribution < 1.29 is 37.0 Å². The van der Waals surface area contributed by atoms with Crippen molar-refractivity contribution in [2.75, 3.05) is 44.4 Å². The molecule has 0 unspecified atom stereocenters. The monoisotopic (exact) mass is 686 g/mol. The van der Waals surface area contributed by atoms with Gasteiger partial charge in [0.05, 0.1) is 36.5 Å². The van der Waals surface area contributed by atoms with Gasteiger partial charge in [0.1, 0.15) is 18.0 Å². The lowest BCUT2D eigenvalue weighted by Crippen LogP contribution is -2.50. The Balaban J connectivity index is 1.41. The van der Waals surface area contributed by atoms with Gasteiger partial charge in [-0.05, 0) is 106 Å². The van der Waals surface area contributed by atoms with Gasteiger partial charge in [-0.3, -0.25) is 4.79 Å². The van der Waals surface area contributed by atoms with Crippen molar-refractivity contribution >= 4 is 39.2 Å². The fourth-order valence-electron chi connectivity index (χ4n) is 7.30. The molecule has 0 radical (unpaired) electrons. The number of halogens is 1. The highest BCUT2D eigenvalue weighted by atomic mass is 35.5. The number of nitrogens with zero attached hydrogens (tertiary/aromatic N) is 1. The molecular formula is C35H43ClN2O8S. The number of amides is 1. The van der Waals surface area contributed by atoms with Crippen LogP contribution in [0.25, 0.3) is 0 Å². The minimum Gasteiger partial charge on any atom is -0.490 e. The quantitative estimate of drug-likeness (QED) is 0.352. The van der Waals surface area contributed by atoms with Crippen LogP contribution in [-0.2, 0) is 45.7 Å². The maximum Gasteiger partial charge on any atom is 0.332 e. The largest absolute Gasteiger partial charge is 0.490 e. The maximum absolute atomic E-state index is 13.6. The standard InChI is InChI=1S/C35H43ClN2O8S/c1-4-43-32(39)20-44-30-8-6-16-46-34(2,3)33(40)37-47(41,42)26-11-14-31-29(18-26)38(19-24-9-12-27(24)30)21-35(22-45-31)15-5-7-23-17-25(36)10-13-28(23)35/h6,8,10-11,13-14,17-18,24,27,30H,4-5,7,9,12,15-16,19-22H2,1-3H3,(H,37,40)/b8-6+/t24-,27+,30-,35-/m0/s1. The van der Waals surface area contributed by atoms with E-state index in [0.717, 1.165) is 32.1 Å². The van der Waals surface area contributed by atoms with Gasteiger partial charge in [-0.15, -0.1) is 0 Å². The number of carbonyl (C=O) groups is 2. The van der Waals surface area contributed by atoms with Gasteiger partial charge in [0.2, 0.25) is 0 Å². The molecule has 6 rings (SSSR count). The van der Waals surface area contributed by atoms with Crippen molar-refractivity contribution in [1.82, 2.24) is 4.72 Å². The first kappa shape index (κ1) is 33.8. The molecule has 4 atom stereocenters. The summed E-state index contributed by atoms with van der Waals surface area (Å²) in [6.45, 7) is 6.60. The predicted molar refractivity (Wildman–Crippen MR) is 177 cm³/mol. The molecule has 1 fully saturated rings. The zero-order valence-electron chi connectivity index (χ0n) is 27.1. The number of fused-ring (bicyclic) bond motifs is 4. The van der Waals surface area contributed by atoms with E-state index in [1.807, 2.05) is 18.2 Å². The SMILES string of the molecule is CCOC(=O)CO[C@H]1/C=C/COC(C)(C)C(=O)NS(=O)(=O)c2ccc3c(c2)N(C[C@@H]2CC[C@H]21)C[C@@]1(CCCc2cc(Cl)ccc21)CO3. The minimum atomic E-state index is -4.23. The summed E-state index contributed by atoms with van der Waals surface area (Å²) in [6, 6.07) is 10.9. The van der Waals surface area contributed by atoms with E-state index in [1.165, 1.54) is 31.0 Å². The van der Waals surface area contributed by atoms with Crippen molar-refractivity contribution in [3.63, 3.8) is 0 Å². The van der Waals surface area contributed by atoms with Gasteiger partial charge in [-0.25, -0.2) is 17.9 Å². The van der Waals surface area contributed by atoms with Crippen LogP contribution in [0, 0.1) is 11.8 Å². The summed E-state index contributed by atoms with van der Waals surface area (Å²) >= 11 is 6.41. The number of hydrogen-bond donors (Lipinski definition) is 1. The molecule has 1 N–H and O–H groups in total. The van der Waals surface area contributed by atoms with Crippen LogP contribution in [0.15, 0.2) is 53.4 Å². The summed E-state index contributed by atoms with van der Waals surface area (Å²) in [5, 5.41) is 0.702. The number of hydrogen-bond acceptors (Lipinski definition) is 9. The molecule has 2 aromatic rings. The summed E-state index contributed by atoms with van der Waals surface area (Å²) in [6.07, 6.45) is 7.93. The Morgan fingerprint density at radius 3 is 2.77 bits per heavy atom. The van der Waals surface area contributed by atoms with Crippen molar-refractivity contribution in [3.05, 3.63) is 64.7 Å². The summed E-state index contributed by atoms with van der Waals surface area (Å²) in [5.41, 5.74) is 1.29. The molecule has 2 aliphatic heterocycles. The first-order chi connectivity index (χ1) is 22.4. The zero-order valence-corrected chi connectivity index (χ0v) is 28.7. The highest BCUT2D eigenvalue weighted by molar-refractivity contribution is 7.90. The molecule has 10 nitrogen and oxygen atoms in total. The lowest BCUT2D eigenvalue weighted by Gasteiger charge is -2.46. The van der Waals surface area contributed by atoms with E-state index in [4.69, 9.17) is 30.5 Å². The molecule has 2 aromatic carbocycles. The molecule has 1 spiro atoms. The predicted octanol–water partition coefficient (Wildman–Crippen LogP) is 4.96. The number of rotatable bonds is 4. The molecule has 254 valence electrons. The third kappa shape index (κ3) is 7.04. The van der Waals surface area contributed by atoms with E-state index < -0.39 is 27.5 Å². The molecule has 47 heavy (non-hydrogen) atoms. The number of esters is 1. The van der Waals surface area contributed by atoms with Crippen molar-refractivity contribution in [3.8, 4) is 5.75 Å². The Kier molecular flexibility index (Phi) is 9.64. The van der Waals surface area contributed by atoms with Crippen LogP contribution >= 0.6 is 11.6 Å². The molecule has 2 heterocycles. The van der Waals surface area contributed by atoms with Gasteiger partial charge in [-0.2, -0.15) is 0 Å². The number of nitrogens with one attached hydrogen (secondary N) is 1. The van der Waals surface area contributed by atoms with Crippen LogP contribution in [0.1, 0.15) is 57.6 Å². The maximum atomic E-state index is 13.6. The second kappa shape index (κ2) is 13.4. The fourth-order valence-corrected chi connectivity index (χ4v) is 8.62. The van der Waals surface area contributed by atoms with Crippen LogP contribution in [0.5, 0.6) is 5.75 Å². The molecule has 2 bridgehead atoms. The lowest BCUT2D eigenvalue weighted by atomic mass is 9.68. The van der Waals surface area contributed by atoms with Gasteiger partial charge in [0.15, 0.2) is 0 Å². The first-order valence-electron chi connectivity index (χ1n) is 16.4. The number of sulfonamides is 1. The molecule has 0 saturated heterocycles. The van der Waals surface area contributed by atoms with E-state index in [9.17, 15) is 18.0 Å². The van der Waals surface area contributed by atoms with E-state index in [-0.39, 0.29) is 48.1 Å². The third-order valence-electron chi connectivity index (χ3n) is 10.0. The summed E-state index contributed by atoms with van der Waals surface area (Å²) in [5.74, 6) is -0.343. The second-order valence-corrected chi connectivity index (χ2v) is 15.6. The Morgan fingerprint density at radius 1 is 1.17 bits per heavy atom. The summed E-state index contributed by atoms with van der Waals surface area (Å²) < 4.78 is 53.0. The molecular weight excluding hydrogens is 644 g/mol. The van der Waals surface area contributed by atoms with E-state index in [2.05, 4.69) is 15.7 Å². The molecule has 12 heteroatoms. The Hall–Kier alpha value is -3.12.